The van der Waals surface area contributed by atoms with Gasteiger partial charge >= 0.3 is 6.18 Å². The third kappa shape index (κ3) is 4.59. The highest BCUT2D eigenvalue weighted by atomic mass is 19.4. The fourth-order valence-corrected chi connectivity index (χ4v) is 3.66. The van der Waals surface area contributed by atoms with E-state index in [0.29, 0.717) is 31.0 Å². The Hall–Kier alpha value is -0.820. The molecule has 2 saturated carbocycles. The average Bonchev–Trinajstić information content (AvgIpc) is 3.37. The second kappa shape index (κ2) is 6.59. The van der Waals surface area contributed by atoms with Crippen molar-refractivity contribution >= 4 is 5.91 Å². The van der Waals surface area contributed by atoms with Gasteiger partial charge in [0, 0.05) is 6.04 Å². The van der Waals surface area contributed by atoms with Gasteiger partial charge in [-0.2, -0.15) is 13.2 Å². The molecule has 0 aromatic carbocycles. The Bertz CT molecular complexity index is 416. The topological polar surface area (TPSA) is 52.6 Å². The van der Waals surface area contributed by atoms with E-state index in [1.807, 2.05) is 4.90 Å². The summed E-state index contributed by atoms with van der Waals surface area (Å²) in [6.45, 7) is 1.12. The van der Waals surface area contributed by atoms with Crippen LogP contribution in [-0.2, 0) is 4.79 Å². The maximum absolute atomic E-state index is 12.5. The van der Waals surface area contributed by atoms with Gasteiger partial charge in [-0.3, -0.25) is 9.69 Å². The normalized spacial score (nSPS) is 25.6. The van der Waals surface area contributed by atoms with E-state index in [1.54, 1.807) is 0 Å². The number of nitrogens with one attached hydrogen (secondary N) is 1. The average molecular weight is 334 g/mol. The Kier molecular flexibility index (Phi) is 4.88. The van der Waals surface area contributed by atoms with Crippen molar-refractivity contribution in [3.05, 3.63) is 0 Å². The molecule has 3 aliphatic rings. The van der Waals surface area contributed by atoms with Crippen LogP contribution in [0.1, 0.15) is 38.5 Å². The van der Waals surface area contributed by atoms with Gasteiger partial charge in [0.05, 0.1) is 6.54 Å². The SMILES string of the molecule is O=C(CN1CCC(C(O)C(F)(F)F)CC1)NC(C1CC1)C1CC1. The molecule has 2 N–H and O–H groups in total. The summed E-state index contributed by atoms with van der Waals surface area (Å²) in [5.74, 6) is 0.516. The number of carbonyl (C=O) groups excluding carboxylic acids is 1. The number of nitrogens with zero attached hydrogens (tertiary/aromatic N) is 1. The van der Waals surface area contributed by atoms with E-state index in [-0.39, 0.29) is 25.3 Å². The molecule has 1 saturated heterocycles. The van der Waals surface area contributed by atoms with Crippen molar-refractivity contribution in [1.29, 1.82) is 0 Å². The molecular formula is C16H25F3N2O2. The Morgan fingerprint density at radius 1 is 1.04 bits per heavy atom. The number of rotatable bonds is 6. The van der Waals surface area contributed by atoms with E-state index < -0.39 is 18.2 Å². The molecule has 0 bridgehead atoms. The fraction of sp³-hybridized carbons (Fsp3) is 0.938. The van der Waals surface area contributed by atoms with E-state index in [9.17, 15) is 23.1 Å². The highest BCUT2D eigenvalue weighted by molar-refractivity contribution is 5.78. The summed E-state index contributed by atoms with van der Waals surface area (Å²) in [5.41, 5.74) is 0. The number of aliphatic hydroxyl groups is 1. The molecule has 1 amide bonds. The summed E-state index contributed by atoms with van der Waals surface area (Å²) < 4.78 is 37.6. The molecule has 3 rings (SSSR count). The summed E-state index contributed by atoms with van der Waals surface area (Å²) in [6.07, 6.45) is -1.45. The Balaban J connectivity index is 1.40. The van der Waals surface area contributed by atoms with Crippen molar-refractivity contribution in [2.75, 3.05) is 19.6 Å². The van der Waals surface area contributed by atoms with Gasteiger partial charge in [-0.1, -0.05) is 0 Å². The number of hydrogen-bond acceptors (Lipinski definition) is 3. The first kappa shape index (κ1) is 17.0. The molecule has 0 radical (unpaired) electrons. The van der Waals surface area contributed by atoms with Gasteiger partial charge < -0.3 is 10.4 Å². The quantitative estimate of drug-likeness (QED) is 0.780. The lowest BCUT2D eigenvalue weighted by molar-refractivity contribution is -0.223. The van der Waals surface area contributed by atoms with Crippen LogP contribution in [0, 0.1) is 17.8 Å². The molecule has 2 aliphatic carbocycles. The van der Waals surface area contributed by atoms with Crippen LogP contribution in [0.2, 0.25) is 0 Å². The van der Waals surface area contributed by atoms with Crippen molar-refractivity contribution in [2.24, 2.45) is 17.8 Å². The van der Waals surface area contributed by atoms with Gasteiger partial charge in [-0.05, 0) is 69.4 Å². The van der Waals surface area contributed by atoms with Crippen molar-refractivity contribution in [1.82, 2.24) is 10.2 Å². The minimum atomic E-state index is -4.55. The summed E-state index contributed by atoms with van der Waals surface area (Å²) in [7, 11) is 0. The monoisotopic (exact) mass is 334 g/mol. The van der Waals surface area contributed by atoms with Crippen LogP contribution in [0.4, 0.5) is 13.2 Å². The van der Waals surface area contributed by atoms with Gasteiger partial charge in [-0.15, -0.1) is 0 Å². The van der Waals surface area contributed by atoms with Crippen molar-refractivity contribution in [2.45, 2.75) is 56.8 Å². The Labute approximate surface area is 134 Å². The Morgan fingerprint density at radius 3 is 2.00 bits per heavy atom. The third-order valence-electron chi connectivity index (χ3n) is 5.37. The zero-order valence-corrected chi connectivity index (χ0v) is 13.2. The second-order valence-electron chi connectivity index (χ2n) is 7.37. The lowest BCUT2D eigenvalue weighted by Gasteiger charge is -2.34. The highest BCUT2D eigenvalue weighted by Crippen LogP contribution is 2.44. The first-order valence-corrected chi connectivity index (χ1v) is 8.61. The molecule has 1 heterocycles. The summed E-state index contributed by atoms with van der Waals surface area (Å²) in [4.78, 5) is 14.1. The lowest BCUT2D eigenvalue weighted by Crippen LogP contribution is -2.48. The molecule has 0 aromatic heterocycles. The van der Waals surface area contributed by atoms with Crippen molar-refractivity contribution < 1.29 is 23.1 Å². The number of piperidine rings is 1. The predicted molar refractivity (Wildman–Crippen MR) is 78.6 cm³/mol. The van der Waals surface area contributed by atoms with Crippen LogP contribution in [0.15, 0.2) is 0 Å². The second-order valence-corrected chi connectivity index (χ2v) is 7.37. The van der Waals surface area contributed by atoms with Crippen LogP contribution in [0.25, 0.3) is 0 Å². The molecule has 0 aromatic rings. The molecule has 7 heteroatoms. The zero-order chi connectivity index (χ0) is 16.6. The summed E-state index contributed by atoms with van der Waals surface area (Å²) >= 11 is 0. The van der Waals surface area contributed by atoms with Crippen LogP contribution in [0.5, 0.6) is 0 Å². The number of amides is 1. The molecular weight excluding hydrogens is 309 g/mol. The minimum Gasteiger partial charge on any atom is -0.383 e. The molecule has 1 unspecified atom stereocenters. The number of likely N-dealkylation sites (tertiary alicyclic amines) is 1. The molecule has 1 aliphatic heterocycles. The summed E-state index contributed by atoms with van der Waals surface area (Å²) in [6, 6.07) is 0.312. The molecule has 3 fully saturated rings. The van der Waals surface area contributed by atoms with E-state index in [4.69, 9.17) is 0 Å². The number of aliphatic hydroxyl groups excluding tert-OH is 1. The van der Waals surface area contributed by atoms with Gasteiger partial charge in [0.25, 0.3) is 0 Å². The van der Waals surface area contributed by atoms with Gasteiger partial charge in [0.1, 0.15) is 0 Å². The van der Waals surface area contributed by atoms with Gasteiger partial charge in [0.15, 0.2) is 6.10 Å². The lowest BCUT2D eigenvalue weighted by atomic mass is 9.91. The third-order valence-corrected chi connectivity index (χ3v) is 5.37. The summed E-state index contributed by atoms with van der Waals surface area (Å²) in [5, 5.41) is 12.4. The highest BCUT2D eigenvalue weighted by Gasteiger charge is 2.45. The van der Waals surface area contributed by atoms with Crippen LogP contribution >= 0.6 is 0 Å². The van der Waals surface area contributed by atoms with E-state index >= 15 is 0 Å². The number of alkyl halides is 3. The van der Waals surface area contributed by atoms with E-state index in [1.165, 1.54) is 25.7 Å². The van der Waals surface area contributed by atoms with Crippen LogP contribution < -0.4 is 5.32 Å². The van der Waals surface area contributed by atoms with E-state index in [0.717, 1.165) is 0 Å². The van der Waals surface area contributed by atoms with Crippen molar-refractivity contribution in [3.63, 3.8) is 0 Å². The molecule has 23 heavy (non-hydrogen) atoms. The van der Waals surface area contributed by atoms with Gasteiger partial charge in [-0.25, -0.2) is 0 Å². The predicted octanol–water partition coefficient (Wildman–Crippen LogP) is 1.93. The minimum absolute atomic E-state index is 0.0105. The largest absolute Gasteiger partial charge is 0.414 e. The number of halogens is 3. The first-order valence-electron chi connectivity index (χ1n) is 8.61. The molecule has 132 valence electrons. The smallest absolute Gasteiger partial charge is 0.383 e. The standard InChI is InChI=1S/C16H25F3N2O2/c17-16(18,19)15(23)12-5-7-21(8-6-12)9-13(22)20-14(10-1-2-10)11-3-4-11/h10-12,14-15,23H,1-9H2,(H,20,22). The maximum atomic E-state index is 12.5. The van der Waals surface area contributed by atoms with Gasteiger partial charge in [0.2, 0.25) is 5.91 Å². The maximum Gasteiger partial charge on any atom is 0.414 e. The molecule has 0 spiro atoms. The zero-order valence-electron chi connectivity index (χ0n) is 13.2. The Morgan fingerprint density at radius 2 is 1.57 bits per heavy atom. The molecule has 1 atom stereocenters. The number of carbonyl (C=O) groups is 1. The van der Waals surface area contributed by atoms with E-state index in [2.05, 4.69) is 5.32 Å². The van der Waals surface area contributed by atoms with Crippen LogP contribution in [-0.4, -0.2) is 53.9 Å². The first-order chi connectivity index (χ1) is 10.8. The number of hydrogen-bond donors (Lipinski definition) is 2. The molecule has 4 nitrogen and oxygen atoms in total. The fourth-order valence-electron chi connectivity index (χ4n) is 3.66. The van der Waals surface area contributed by atoms with Crippen molar-refractivity contribution in [3.8, 4) is 0 Å². The van der Waals surface area contributed by atoms with Crippen LogP contribution in [0.3, 0.4) is 0 Å².